The van der Waals surface area contributed by atoms with Crippen LogP contribution in [-0.4, -0.2) is 24.5 Å². The fourth-order valence-corrected chi connectivity index (χ4v) is 3.76. The second kappa shape index (κ2) is 8.10. The van der Waals surface area contributed by atoms with E-state index in [-0.39, 0.29) is 12.4 Å². The molecular weight excluding hydrogens is 526 g/mol. The van der Waals surface area contributed by atoms with Gasteiger partial charge in [-0.3, -0.25) is 10.1 Å². The lowest BCUT2D eigenvalue weighted by Gasteiger charge is -2.08. The highest BCUT2D eigenvalue weighted by Gasteiger charge is 2.20. The highest BCUT2D eigenvalue weighted by molar-refractivity contribution is 9.10. The van der Waals surface area contributed by atoms with Gasteiger partial charge in [0, 0.05) is 20.1 Å². The minimum Gasteiger partial charge on any atom is -0.258 e. The Bertz CT molecular complexity index is 1190. The molecular formula is C19H12Br2ClN5O2. The molecule has 0 aliphatic rings. The Hall–Kier alpha value is -2.49. The quantitative estimate of drug-likeness (QED) is 0.231. The van der Waals surface area contributed by atoms with Crippen molar-refractivity contribution in [1.82, 2.24) is 19.6 Å². The van der Waals surface area contributed by atoms with Crippen molar-refractivity contribution in [3.8, 4) is 22.5 Å². The predicted molar refractivity (Wildman–Crippen MR) is 118 cm³/mol. The number of aromatic nitrogens is 4. The van der Waals surface area contributed by atoms with Crippen molar-refractivity contribution >= 4 is 49.1 Å². The largest absolute Gasteiger partial charge is 0.307 e. The maximum absolute atomic E-state index is 11.0. The van der Waals surface area contributed by atoms with Gasteiger partial charge in [-0.15, -0.1) is 0 Å². The van der Waals surface area contributed by atoms with Crippen LogP contribution in [0.1, 0.15) is 0 Å². The van der Waals surface area contributed by atoms with E-state index in [4.69, 9.17) is 11.6 Å². The first-order valence-corrected chi connectivity index (χ1v) is 10.3. The smallest absolute Gasteiger partial charge is 0.258 e. The van der Waals surface area contributed by atoms with E-state index in [1.54, 1.807) is 4.68 Å². The number of nitro groups is 1. The number of hydrogen-bond acceptors (Lipinski definition) is 4. The summed E-state index contributed by atoms with van der Waals surface area (Å²) in [5.41, 5.74) is 2.98. The van der Waals surface area contributed by atoms with E-state index in [9.17, 15) is 10.1 Å². The molecule has 0 fully saturated rings. The van der Waals surface area contributed by atoms with Crippen LogP contribution in [0.2, 0.25) is 5.02 Å². The molecule has 7 nitrogen and oxygen atoms in total. The van der Waals surface area contributed by atoms with Crippen molar-refractivity contribution in [2.75, 3.05) is 0 Å². The number of nitrogens with zero attached hydrogens (tertiary/aromatic N) is 5. The molecule has 0 aliphatic heterocycles. The van der Waals surface area contributed by atoms with Crippen molar-refractivity contribution in [1.29, 1.82) is 0 Å². The minimum absolute atomic E-state index is 0.0819. The van der Waals surface area contributed by atoms with Gasteiger partial charge in [0.15, 0.2) is 0 Å². The molecule has 0 bridgehead atoms. The lowest BCUT2D eigenvalue weighted by Crippen LogP contribution is -2.11. The molecule has 2 heterocycles. The maximum atomic E-state index is 11.0. The molecule has 2 aromatic carbocycles. The van der Waals surface area contributed by atoms with E-state index < -0.39 is 4.92 Å². The average molecular weight is 538 g/mol. The van der Waals surface area contributed by atoms with E-state index >= 15 is 0 Å². The average Bonchev–Trinajstić information content (AvgIpc) is 3.29. The fourth-order valence-electron chi connectivity index (χ4n) is 2.88. The van der Waals surface area contributed by atoms with Gasteiger partial charge in [0.2, 0.25) is 0 Å². The number of halogens is 3. The Balaban J connectivity index is 1.83. The summed E-state index contributed by atoms with van der Waals surface area (Å²) in [7, 11) is 0. The molecule has 0 spiro atoms. The molecule has 0 unspecified atom stereocenters. The lowest BCUT2D eigenvalue weighted by molar-refractivity contribution is -0.385. The third-order valence-electron chi connectivity index (χ3n) is 4.24. The molecule has 0 aliphatic carbocycles. The molecule has 0 N–H and O–H groups in total. The summed E-state index contributed by atoms with van der Waals surface area (Å²) in [6.45, 7) is 0.176. The second-order valence-corrected chi connectivity index (χ2v) is 8.37. The standard InChI is InChI=1S/C19H12Br2ClN5O2/c20-14-5-1-12(2-6-14)18-17(22)19(13-3-7-15(21)8-4-13)26(24-18)11-25-10-16(9-23-25)27(28)29/h1-10H,11H2. The first kappa shape index (κ1) is 19.8. The minimum atomic E-state index is -0.484. The van der Waals surface area contributed by atoms with Gasteiger partial charge in [-0.2, -0.15) is 10.2 Å². The van der Waals surface area contributed by atoms with Crippen molar-refractivity contribution in [3.63, 3.8) is 0 Å². The van der Waals surface area contributed by atoms with Gasteiger partial charge in [0.1, 0.15) is 24.8 Å². The van der Waals surface area contributed by atoms with Crippen molar-refractivity contribution in [3.05, 3.63) is 85.0 Å². The third kappa shape index (κ3) is 4.12. The molecule has 2 aromatic heterocycles. The molecule has 29 heavy (non-hydrogen) atoms. The molecule has 0 saturated heterocycles. The van der Waals surface area contributed by atoms with E-state index in [1.807, 2.05) is 48.5 Å². The molecule has 10 heteroatoms. The van der Waals surface area contributed by atoms with Crippen LogP contribution in [-0.2, 0) is 6.67 Å². The first-order chi connectivity index (χ1) is 13.9. The van der Waals surface area contributed by atoms with Gasteiger partial charge >= 0.3 is 5.69 Å². The van der Waals surface area contributed by atoms with E-state index in [0.717, 1.165) is 20.1 Å². The Morgan fingerprint density at radius 3 is 2.14 bits per heavy atom. The van der Waals surface area contributed by atoms with Gasteiger partial charge in [0.25, 0.3) is 0 Å². The summed E-state index contributed by atoms with van der Waals surface area (Å²) in [6.07, 6.45) is 2.57. The van der Waals surface area contributed by atoms with Crippen LogP contribution < -0.4 is 0 Å². The van der Waals surface area contributed by atoms with Crippen LogP contribution in [0.4, 0.5) is 5.69 Å². The third-order valence-corrected chi connectivity index (χ3v) is 5.65. The number of hydrogen-bond donors (Lipinski definition) is 0. The summed E-state index contributed by atoms with van der Waals surface area (Å²) in [4.78, 5) is 10.5. The van der Waals surface area contributed by atoms with Crippen LogP contribution >= 0.6 is 43.5 Å². The highest BCUT2D eigenvalue weighted by Crippen LogP contribution is 2.37. The number of benzene rings is 2. The Morgan fingerprint density at radius 1 is 1.00 bits per heavy atom. The Morgan fingerprint density at radius 2 is 1.59 bits per heavy atom. The molecule has 0 amide bonds. The molecule has 0 radical (unpaired) electrons. The van der Waals surface area contributed by atoms with E-state index in [2.05, 4.69) is 42.1 Å². The molecule has 0 saturated carbocycles. The maximum Gasteiger partial charge on any atom is 0.307 e. The molecule has 4 rings (SSSR count). The topological polar surface area (TPSA) is 78.8 Å². The predicted octanol–water partition coefficient (Wildman–Crippen LogP) is 6.01. The van der Waals surface area contributed by atoms with Crippen LogP contribution in [0.3, 0.4) is 0 Å². The summed E-state index contributed by atoms with van der Waals surface area (Å²) in [5.74, 6) is 0. The van der Waals surface area contributed by atoms with E-state index in [0.29, 0.717) is 16.4 Å². The van der Waals surface area contributed by atoms with Crippen molar-refractivity contribution in [2.45, 2.75) is 6.67 Å². The SMILES string of the molecule is O=[N+]([O-])c1cnn(Cn2nc(-c3ccc(Br)cc3)c(Cl)c2-c2ccc(Br)cc2)c1. The van der Waals surface area contributed by atoms with Crippen LogP contribution in [0.25, 0.3) is 22.5 Å². The van der Waals surface area contributed by atoms with Crippen LogP contribution in [0.15, 0.2) is 69.9 Å². The van der Waals surface area contributed by atoms with Gasteiger partial charge in [-0.25, -0.2) is 9.36 Å². The number of rotatable bonds is 5. The highest BCUT2D eigenvalue weighted by atomic mass is 79.9. The summed E-state index contributed by atoms with van der Waals surface area (Å²) >= 11 is 13.6. The van der Waals surface area contributed by atoms with Gasteiger partial charge in [-0.1, -0.05) is 67.7 Å². The Kier molecular flexibility index (Phi) is 5.53. The zero-order valence-electron chi connectivity index (χ0n) is 14.7. The first-order valence-electron chi connectivity index (χ1n) is 8.37. The van der Waals surface area contributed by atoms with Crippen LogP contribution in [0, 0.1) is 10.1 Å². The lowest BCUT2D eigenvalue weighted by atomic mass is 10.1. The van der Waals surface area contributed by atoms with Gasteiger partial charge in [0.05, 0.1) is 15.6 Å². The normalized spacial score (nSPS) is 11.0. The van der Waals surface area contributed by atoms with Crippen LogP contribution in [0.5, 0.6) is 0 Å². The van der Waals surface area contributed by atoms with Crippen molar-refractivity contribution < 1.29 is 4.92 Å². The molecule has 0 atom stereocenters. The zero-order valence-corrected chi connectivity index (χ0v) is 18.6. The molecule has 146 valence electrons. The zero-order chi connectivity index (χ0) is 20.5. The summed E-state index contributed by atoms with van der Waals surface area (Å²) in [6, 6.07) is 15.4. The summed E-state index contributed by atoms with van der Waals surface area (Å²) < 4.78 is 5.04. The van der Waals surface area contributed by atoms with Gasteiger partial charge in [-0.05, 0) is 24.3 Å². The monoisotopic (exact) mass is 535 g/mol. The fraction of sp³-hybridized carbons (Fsp3) is 0.0526. The van der Waals surface area contributed by atoms with E-state index in [1.165, 1.54) is 17.1 Å². The Labute approximate surface area is 187 Å². The van der Waals surface area contributed by atoms with Crippen molar-refractivity contribution in [2.24, 2.45) is 0 Å². The summed E-state index contributed by atoms with van der Waals surface area (Å²) in [5, 5.41) is 20.2. The molecule has 4 aromatic rings. The van der Waals surface area contributed by atoms with Gasteiger partial charge < -0.3 is 0 Å². The second-order valence-electron chi connectivity index (χ2n) is 6.16.